The molecule has 146 valence electrons. The van der Waals surface area contributed by atoms with E-state index in [4.69, 9.17) is 9.47 Å². The Morgan fingerprint density at radius 1 is 1.19 bits per heavy atom. The number of likely N-dealkylation sites (N-methyl/N-ethyl adjacent to an activating group) is 1. The zero-order valence-corrected chi connectivity index (χ0v) is 18.1. The molecule has 1 atom stereocenters. The molecule has 0 saturated heterocycles. The van der Waals surface area contributed by atoms with E-state index in [1.165, 1.54) is 12.8 Å². The van der Waals surface area contributed by atoms with Crippen molar-refractivity contribution in [3.05, 3.63) is 24.3 Å². The first-order valence-corrected chi connectivity index (χ1v) is 9.44. The van der Waals surface area contributed by atoms with Gasteiger partial charge in [0.2, 0.25) is 0 Å². The SMILES string of the molecule is CCNC(=NCC1COc2ccccc2O1)NCCN(CC)C1CC1.I. The third-order valence-electron chi connectivity index (χ3n) is 4.53. The number of hydrogen-bond acceptors (Lipinski definition) is 4. The van der Waals surface area contributed by atoms with Gasteiger partial charge in [-0.15, -0.1) is 24.0 Å². The fraction of sp³-hybridized carbons (Fsp3) is 0.632. The maximum absolute atomic E-state index is 5.96. The highest BCUT2D eigenvalue weighted by molar-refractivity contribution is 14.0. The van der Waals surface area contributed by atoms with Crippen molar-refractivity contribution in [1.29, 1.82) is 0 Å². The number of para-hydroxylation sites is 2. The Kier molecular flexibility index (Phi) is 8.77. The highest BCUT2D eigenvalue weighted by atomic mass is 127. The minimum atomic E-state index is -0.0519. The van der Waals surface area contributed by atoms with Crippen molar-refractivity contribution < 1.29 is 9.47 Å². The predicted octanol–water partition coefficient (Wildman–Crippen LogP) is 2.48. The average Bonchev–Trinajstić information content (AvgIpc) is 3.48. The van der Waals surface area contributed by atoms with Crippen LogP contribution in [0.1, 0.15) is 26.7 Å². The number of fused-ring (bicyclic) bond motifs is 1. The Morgan fingerprint density at radius 3 is 2.65 bits per heavy atom. The van der Waals surface area contributed by atoms with Gasteiger partial charge in [0.15, 0.2) is 23.6 Å². The Labute approximate surface area is 173 Å². The maximum Gasteiger partial charge on any atom is 0.191 e. The Morgan fingerprint density at radius 2 is 1.96 bits per heavy atom. The van der Waals surface area contributed by atoms with Gasteiger partial charge in [-0.3, -0.25) is 4.90 Å². The zero-order chi connectivity index (χ0) is 17.5. The molecule has 0 amide bonds. The number of hydrogen-bond donors (Lipinski definition) is 2. The first-order chi connectivity index (χ1) is 12.3. The van der Waals surface area contributed by atoms with Crippen molar-refractivity contribution in [3.8, 4) is 11.5 Å². The van der Waals surface area contributed by atoms with E-state index in [0.29, 0.717) is 13.2 Å². The van der Waals surface area contributed by atoms with E-state index in [9.17, 15) is 0 Å². The van der Waals surface area contributed by atoms with Crippen LogP contribution >= 0.6 is 24.0 Å². The first kappa shape index (κ1) is 21.1. The number of aliphatic imine (C=N–C) groups is 1. The van der Waals surface area contributed by atoms with Crippen molar-refractivity contribution in [1.82, 2.24) is 15.5 Å². The summed E-state index contributed by atoms with van der Waals surface area (Å²) in [6.45, 7) is 9.34. The third-order valence-corrected chi connectivity index (χ3v) is 4.53. The largest absolute Gasteiger partial charge is 0.486 e. The summed E-state index contributed by atoms with van der Waals surface area (Å²) in [5.41, 5.74) is 0. The summed E-state index contributed by atoms with van der Waals surface area (Å²) in [5, 5.41) is 6.73. The Bertz CT molecular complexity index is 580. The van der Waals surface area contributed by atoms with Gasteiger partial charge in [0.25, 0.3) is 0 Å². The number of halogens is 1. The van der Waals surface area contributed by atoms with Gasteiger partial charge in [0.1, 0.15) is 6.61 Å². The van der Waals surface area contributed by atoms with Crippen LogP contribution in [0, 0.1) is 0 Å². The zero-order valence-electron chi connectivity index (χ0n) is 15.7. The highest BCUT2D eigenvalue weighted by Gasteiger charge is 2.27. The first-order valence-electron chi connectivity index (χ1n) is 9.44. The van der Waals surface area contributed by atoms with Gasteiger partial charge < -0.3 is 20.1 Å². The molecule has 2 aliphatic rings. The molecule has 1 unspecified atom stereocenters. The van der Waals surface area contributed by atoms with Crippen LogP contribution in [-0.4, -0.2) is 62.3 Å². The molecule has 1 aliphatic heterocycles. The normalized spacial score (nSPS) is 19.0. The topological polar surface area (TPSA) is 58.1 Å². The standard InChI is InChI=1S/C19H30N4O2.HI/c1-3-20-19(21-11-12-23(4-2)15-9-10-15)22-13-16-14-24-17-7-5-6-8-18(17)25-16;/h5-8,15-16H,3-4,9-14H2,1-2H3,(H2,20,21,22);1H. The molecule has 1 heterocycles. The van der Waals surface area contributed by atoms with Crippen LogP contribution in [-0.2, 0) is 0 Å². The molecule has 2 N–H and O–H groups in total. The number of benzene rings is 1. The molecule has 6 nitrogen and oxygen atoms in total. The van der Waals surface area contributed by atoms with Crippen molar-refractivity contribution in [2.75, 3.05) is 39.3 Å². The maximum atomic E-state index is 5.96. The molecular weight excluding hydrogens is 443 g/mol. The second kappa shape index (κ2) is 10.8. The summed E-state index contributed by atoms with van der Waals surface area (Å²) < 4.78 is 11.7. The van der Waals surface area contributed by atoms with E-state index in [1.807, 2.05) is 24.3 Å². The van der Waals surface area contributed by atoms with Crippen molar-refractivity contribution in [2.45, 2.75) is 38.8 Å². The van der Waals surface area contributed by atoms with Crippen molar-refractivity contribution in [3.63, 3.8) is 0 Å². The molecule has 0 radical (unpaired) electrons. The number of guanidine groups is 1. The second-order valence-corrected chi connectivity index (χ2v) is 6.50. The molecule has 1 aromatic rings. The van der Waals surface area contributed by atoms with Gasteiger partial charge in [-0.25, -0.2) is 4.99 Å². The van der Waals surface area contributed by atoms with Gasteiger partial charge in [-0.05, 0) is 38.4 Å². The fourth-order valence-corrected chi connectivity index (χ4v) is 3.04. The van der Waals surface area contributed by atoms with E-state index < -0.39 is 0 Å². The number of ether oxygens (including phenoxy) is 2. The lowest BCUT2D eigenvalue weighted by molar-refractivity contribution is 0.0971. The molecule has 1 aliphatic carbocycles. The molecule has 7 heteroatoms. The molecule has 26 heavy (non-hydrogen) atoms. The highest BCUT2D eigenvalue weighted by Crippen LogP contribution is 2.30. The van der Waals surface area contributed by atoms with Gasteiger partial charge >= 0.3 is 0 Å². The second-order valence-electron chi connectivity index (χ2n) is 6.50. The van der Waals surface area contributed by atoms with E-state index in [1.54, 1.807) is 0 Å². The molecule has 0 aromatic heterocycles. The van der Waals surface area contributed by atoms with E-state index in [-0.39, 0.29) is 30.1 Å². The molecule has 1 fully saturated rings. The van der Waals surface area contributed by atoms with Crippen LogP contribution in [0.5, 0.6) is 11.5 Å². The van der Waals surface area contributed by atoms with Crippen LogP contribution in [0.15, 0.2) is 29.3 Å². The summed E-state index contributed by atoms with van der Waals surface area (Å²) in [6, 6.07) is 8.58. The monoisotopic (exact) mass is 474 g/mol. The average molecular weight is 474 g/mol. The van der Waals surface area contributed by atoms with Crippen LogP contribution in [0.25, 0.3) is 0 Å². The summed E-state index contributed by atoms with van der Waals surface area (Å²) in [6.07, 6.45) is 2.65. The van der Waals surface area contributed by atoms with Gasteiger partial charge in [0.05, 0.1) is 6.54 Å². The van der Waals surface area contributed by atoms with Gasteiger partial charge in [0, 0.05) is 25.7 Å². The van der Waals surface area contributed by atoms with E-state index >= 15 is 0 Å². The number of rotatable bonds is 8. The molecule has 1 saturated carbocycles. The third kappa shape index (κ3) is 6.19. The summed E-state index contributed by atoms with van der Waals surface area (Å²) >= 11 is 0. The van der Waals surface area contributed by atoms with Crippen molar-refractivity contribution >= 4 is 29.9 Å². The summed E-state index contributed by atoms with van der Waals surface area (Å²) in [5.74, 6) is 2.46. The van der Waals surface area contributed by atoms with E-state index in [0.717, 1.165) is 49.7 Å². The van der Waals surface area contributed by atoms with Crippen LogP contribution in [0.2, 0.25) is 0 Å². The summed E-state index contributed by atoms with van der Waals surface area (Å²) in [4.78, 5) is 7.20. The summed E-state index contributed by atoms with van der Waals surface area (Å²) in [7, 11) is 0. The Balaban J connectivity index is 0.00000243. The molecular formula is C19H31IN4O2. The van der Waals surface area contributed by atoms with Crippen LogP contribution in [0.3, 0.4) is 0 Å². The van der Waals surface area contributed by atoms with E-state index in [2.05, 4.69) is 34.4 Å². The van der Waals surface area contributed by atoms with Crippen LogP contribution in [0.4, 0.5) is 0 Å². The van der Waals surface area contributed by atoms with Gasteiger partial charge in [-0.1, -0.05) is 19.1 Å². The Hall–Kier alpha value is -1.22. The van der Waals surface area contributed by atoms with Crippen LogP contribution < -0.4 is 20.1 Å². The lowest BCUT2D eigenvalue weighted by atomic mass is 10.2. The lowest BCUT2D eigenvalue weighted by Crippen LogP contribution is -2.43. The molecule has 3 rings (SSSR count). The van der Waals surface area contributed by atoms with Crippen molar-refractivity contribution in [2.24, 2.45) is 4.99 Å². The van der Waals surface area contributed by atoms with Gasteiger partial charge in [-0.2, -0.15) is 0 Å². The predicted molar refractivity (Wildman–Crippen MR) is 116 cm³/mol. The number of nitrogens with one attached hydrogen (secondary N) is 2. The molecule has 0 bridgehead atoms. The number of nitrogens with zero attached hydrogens (tertiary/aromatic N) is 2. The smallest absolute Gasteiger partial charge is 0.191 e. The minimum absolute atomic E-state index is 0. The molecule has 0 spiro atoms. The lowest BCUT2D eigenvalue weighted by Gasteiger charge is -2.25. The minimum Gasteiger partial charge on any atom is -0.486 e. The fourth-order valence-electron chi connectivity index (χ4n) is 3.04. The molecule has 1 aromatic carbocycles. The quantitative estimate of drug-likeness (QED) is 0.345.